The van der Waals surface area contributed by atoms with Crippen LogP contribution in [0.5, 0.6) is 0 Å². The lowest BCUT2D eigenvalue weighted by molar-refractivity contribution is -0.118. The summed E-state index contributed by atoms with van der Waals surface area (Å²) >= 11 is 1.45. The van der Waals surface area contributed by atoms with Gasteiger partial charge in [-0.05, 0) is 44.0 Å². The third-order valence-corrected chi connectivity index (χ3v) is 3.76. The predicted octanol–water partition coefficient (Wildman–Crippen LogP) is 2.72. The Morgan fingerprint density at radius 2 is 2.00 bits per heavy atom. The molecule has 2 aromatic rings. The van der Waals surface area contributed by atoms with Crippen molar-refractivity contribution < 1.29 is 4.79 Å². The lowest BCUT2D eigenvalue weighted by atomic mass is 10.1. The molecule has 0 aliphatic heterocycles. The number of hydrogen-bond acceptors (Lipinski definition) is 3. The van der Waals surface area contributed by atoms with Gasteiger partial charge in [-0.3, -0.25) is 9.36 Å². The quantitative estimate of drug-likeness (QED) is 0.861. The first-order valence-corrected chi connectivity index (χ1v) is 7.60. The van der Waals surface area contributed by atoms with Crippen LogP contribution in [0.25, 0.3) is 5.69 Å². The molecule has 1 aromatic carbocycles. The molecule has 1 aromatic heterocycles. The van der Waals surface area contributed by atoms with Gasteiger partial charge in [0.25, 0.3) is 0 Å². The fraction of sp³-hybridized carbons (Fsp3) is 0.333. The summed E-state index contributed by atoms with van der Waals surface area (Å²) in [5.74, 6) is 0.419. The van der Waals surface area contributed by atoms with Crippen LogP contribution < -0.4 is 5.32 Å². The summed E-state index contributed by atoms with van der Waals surface area (Å²) in [6.45, 7) is 6.73. The molecule has 2 rings (SSSR count). The maximum Gasteiger partial charge on any atom is 0.230 e. The van der Waals surface area contributed by atoms with Crippen LogP contribution in [-0.2, 0) is 4.79 Å². The molecule has 5 heteroatoms. The highest BCUT2D eigenvalue weighted by molar-refractivity contribution is 7.99. The third kappa shape index (κ3) is 3.63. The van der Waals surface area contributed by atoms with E-state index in [1.165, 1.54) is 22.9 Å². The van der Waals surface area contributed by atoms with Crippen LogP contribution in [0.3, 0.4) is 0 Å². The molecule has 106 valence electrons. The Bertz CT molecular complexity index is 587. The van der Waals surface area contributed by atoms with Gasteiger partial charge in [-0.15, -0.1) is 0 Å². The van der Waals surface area contributed by atoms with E-state index in [2.05, 4.69) is 42.3 Å². The summed E-state index contributed by atoms with van der Waals surface area (Å²) in [6, 6.07) is 6.37. The van der Waals surface area contributed by atoms with Crippen LogP contribution in [0.2, 0.25) is 0 Å². The summed E-state index contributed by atoms with van der Waals surface area (Å²) in [4.78, 5) is 15.9. The number of hydrogen-bond donors (Lipinski definition) is 1. The number of carbonyl (C=O) groups excluding carboxylic acids is 1. The molecule has 0 atom stereocenters. The molecule has 0 bridgehead atoms. The maximum atomic E-state index is 11.5. The number of thioether (sulfide) groups is 1. The highest BCUT2D eigenvalue weighted by Crippen LogP contribution is 2.21. The van der Waals surface area contributed by atoms with Crippen LogP contribution in [0, 0.1) is 13.8 Å². The van der Waals surface area contributed by atoms with Crippen molar-refractivity contribution in [2.75, 3.05) is 12.3 Å². The minimum Gasteiger partial charge on any atom is -0.356 e. The topological polar surface area (TPSA) is 46.9 Å². The number of amides is 1. The van der Waals surface area contributed by atoms with Gasteiger partial charge >= 0.3 is 0 Å². The number of nitrogens with one attached hydrogen (secondary N) is 1. The highest BCUT2D eigenvalue weighted by atomic mass is 32.2. The Hall–Kier alpha value is -1.75. The van der Waals surface area contributed by atoms with Gasteiger partial charge in [-0.25, -0.2) is 4.98 Å². The Balaban J connectivity index is 2.17. The molecule has 0 aliphatic carbocycles. The van der Waals surface area contributed by atoms with Gasteiger partial charge in [0.05, 0.1) is 5.75 Å². The van der Waals surface area contributed by atoms with Crippen LogP contribution >= 0.6 is 11.8 Å². The number of rotatable bonds is 5. The minimum atomic E-state index is 0.0347. The van der Waals surface area contributed by atoms with Gasteiger partial charge in [-0.2, -0.15) is 0 Å². The van der Waals surface area contributed by atoms with E-state index in [9.17, 15) is 4.79 Å². The number of benzene rings is 1. The van der Waals surface area contributed by atoms with E-state index in [-0.39, 0.29) is 5.91 Å². The monoisotopic (exact) mass is 289 g/mol. The first-order chi connectivity index (χ1) is 9.60. The number of nitrogens with zero attached hydrogens (tertiary/aromatic N) is 2. The van der Waals surface area contributed by atoms with Crippen molar-refractivity contribution >= 4 is 17.7 Å². The van der Waals surface area contributed by atoms with Crippen LogP contribution in [0.1, 0.15) is 18.1 Å². The third-order valence-electron chi connectivity index (χ3n) is 2.80. The fourth-order valence-electron chi connectivity index (χ4n) is 2.06. The number of carbonyl (C=O) groups is 1. The Kier molecular flexibility index (Phi) is 4.84. The molecule has 0 saturated carbocycles. The Morgan fingerprint density at radius 1 is 1.30 bits per heavy atom. The van der Waals surface area contributed by atoms with E-state index in [0.29, 0.717) is 12.3 Å². The smallest absolute Gasteiger partial charge is 0.230 e. The van der Waals surface area contributed by atoms with Gasteiger partial charge < -0.3 is 5.32 Å². The summed E-state index contributed by atoms with van der Waals surface area (Å²) in [5.41, 5.74) is 3.51. The molecular formula is C15H19N3OS. The second-order valence-corrected chi connectivity index (χ2v) is 5.61. The number of imidazole rings is 1. The highest BCUT2D eigenvalue weighted by Gasteiger charge is 2.09. The van der Waals surface area contributed by atoms with Crippen molar-refractivity contribution in [3.05, 3.63) is 41.7 Å². The van der Waals surface area contributed by atoms with Crippen molar-refractivity contribution in [2.24, 2.45) is 0 Å². The van der Waals surface area contributed by atoms with E-state index in [1.807, 2.05) is 17.7 Å². The molecule has 0 radical (unpaired) electrons. The van der Waals surface area contributed by atoms with E-state index >= 15 is 0 Å². The molecule has 20 heavy (non-hydrogen) atoms. The lowest BCUT2D eigenvalue weighted by Gasteiger charge is -2.09. The summed E-state index contributed by atoms with van der Waals surface area (Å²) < 4.78 is 2.02. The normalized spacial score (nSPS) is 10.6. The predicted molar refractivity (Wildman–Crippen MR) is 82.4 cm³/mol. The molecule has 1 heterocycles. The first-order valence-electron chi connectivity index (χ1n) is 6.61. The van der Waals surface area contributed by atoms with Crippen molar-refractivity contribution in [3.8, 4) is 5.69 Å². The number of aromatic nitrogens is 2. The summed E-state index contributed by atoms with van der Waals surface area (Å²) in [5, 5.41) is 3.62. The zero-order valence-corrected chi connectivity index (χ0v) is 12.8. The zero-order valence-electron chi connectivity index (χ0n) is 12.0. The van der Waals surface area contributed by atoms with Crippen molar-refractivity contribution in [1.29, 1.82) is 0 Å². The molecule has 1 amide bonds. The van der Waals surface area contributed by atoms with Crippen LogP contribution in [0.15, 0.2) is 35.7 Å². The number of aryl methyl sites for hydroxylation is 2. The van der Waals surface area contributed by atoms with Crippen molar-refractivity contribution in [1.82, 2.24) is 14.9 Å². The average Bonchev–Trinajstić information content (AvgIpc) is 2.84. The Labute approximate surface area is 123 Å². The fourth-order valence-corrected chi connectivity index (χ4v) is 2.86. The largest absolute Gasteiger partial charge is 0.356 e. The summed E-state index contributed by atoms with van der Waals surface area (Å²) in [6.07, 6.45) is 3.69. The first kappa shape index (κ1) is 14.7. The molecule has 1 N–H and O–H groups in total. The molecule has 0 spiro atoms. The van der Waals surface area contributed by atoms with Crippen molar-refractivity contribution in [2.45, 2.75) is 25.9 Å². The van der Waals surface area contributed by atoms with Crippen molar-refractivity contribution in [3.63, 3.8) is 0 Å². The lowest BCUT2D eigenvalue weighted by Crippen LogP contribution is -2.24. The minimum absolute atomic E-state index is 0.0347. The van der Waals surface area contributed by atoms with E-state index in [1.54, 1.807) is 6.20 Å². The zero-order chi connectivity index (χ0) is 14.5. The van der Waals surface area contributed by atoms with Gasteiger partial charge in [0.2, 0.25) is 5.91 Å². The maximum absolute atomic E-state index is 11.5. The van der Waals surface area contributed by atoms with Crippen LogP contribution in [0.4, 0.5) is 0 Å². The summed E-state index contributed by atoms with van der Waals surface area (Å²) in [7, 11) is 0. The second-order valence-electron chi connectivity index (χ2n) is 4.67. The molecular weight excluding hydrogens is 270 g/mol. The molecule has 0 fully saturated rings. The second kappa shape index (κ2) is 6.61. The standard InChI is InChI=1S/C15H19N3OS/c1-4-16-14(19)10-20-15-17-5-6-18(15)13-8-11(2)7-12(3)9-13/h5-9H,4,10H2,1-3H3,(H,16,19). The molecule has 0 unspecified atom stereocenters. The van der Waals surface area contributed by atoms with E-state index < -0.39 is 0 Å². The van der Waals surface area contributed by atoms with E-state index in [0.717, 1.165) is 10.8 Å². The molecule has 0 aliphatic rings. The van der Waals surface area contributed by atoms with Gasteiger partial charge in [-0.1, -0.05) is 17.8 Å². The average molecular weight is 289 g/mol. The SMILES string of the molecule is CCNC(=O)CSc1nccn1-c1cc(C)cc(C)c1. The Morgan fingerprint density at radius 3 is 2.65 bits per heavy atom. The van der Waals surface area contributed by atoms with Gasteiger partial charge in [0.1, 0.15) is 0 Å². The molecule has 4 nitrogen and oxygen atoms in total. The van der Waals surface area contributed by atoms with Crippen LogP contribution in [-0.4, -0.2) is 27.8 Å². The van der Waals surface area contributed by atoms with Gasteiger partial charge in [0, 0.05) is 24.6 Å². The van der Waals surface area contributed by atoms with E-state index in [4.69, 9.17) is 0 Å². The molecule has 0 saturated heterocycles. The van der Waals surface area contributed by atoms with Gasteiger partial charge in [0.15, 0.2) is 5.16 Å².